The summed E-state index contributed by atoms with van der Waals surface area (Å²) in [6, 6.07) is 13.2. The molecule has 0 aliphatic carbocycles. The van der Waals surface area contributed by atoms with Gasteiger partial charge in [-0.3, -0.25) is 4.55 Å². The molecule has 0 radical (unpaired) electrons. The molecule has 11 heteroatoms. The molecule has 9 nitrogen and oxygen atoms in total. The molecule has 3 rings (SSSR count). The quantitative estimate of drug-likeness (QED) is 0.0752. The van der Waals surface area contributed by atoms with Crippen LogP contribution in [0.5, 0.6) is 5.75 Å². The molecule has 0 unspecified atom stereocenters. The molecular formula is C33H49N3O6S2. The highest BCUT2D eigenvalue weighted by Gasteiger charge is 2.15. The molecule has 0 bridgehead atoms. The summed E-state index contributed by atoms with van der Waals surface area (Å²) in [6.07, 6.45) is 16.6. The Morgan fingerprint density at radius 3 is 1.84 bits per heavy atom. The lowest BCUT2D eigenvalue weighted by Gasteiger charge is -2.15. The second kappa shape index (κ2) is 17.6. The Bertz CT molecular complexity index is 1620. The van der Waals surface area contributed by atoms with E-state index in [-0.39, 0.29) is 16.0 Å². The highest BCUT2D eigenvalue weighted by atomic mass is 32.2. The average Bonchev–Trinajstić information content (AvgIpc) is 3.00. The van der Waals surface area contributed by atoms with Gasteiger partial charge >= 0.3 is 0 Å². The molecule has 2 N–H and O–H groups in total. The van der Waals surface area contributed by atoms with Gasteiger partial charge in [-0.2, -0.15) is 13.5 Å². The maximum Gasteiger partial charge on any atom is 0.294 e. The molecule has 3 aromatic rings. The summed E-state index contributed by atoms with van der Waals surface area (Å²) < 4.78 is 66.1. The third-order valence-corrected chi connectivity index (χ3v) is 10.0. The van der Waals surface area contributed by atoms with Gasteiger partial charge in [0.2, 0.25) is 10.0 Å². The van der Waals surface area contributed by atoms with Gasteiger partial charge in [-0.1, -0.05) is 90.4 Å². The number of benzene rings is 2. The maximum atomic E-state index is 12.8. The molecule has 0 aliphatic heterocycles. The van der Waals surface area contributed by atoms with Crippen LogP contribution in [0.3, 0.4) is 0 Å². The SMILES string of the molecule is CCCCCCCCCCCCCCCCS(=O)(=O)N/N=c1/cc(-c2ccc(OC)cc2)n(C)c2ccc(S(=O)(=O)O)cc12. The first-order valence-electron chi connectivity index (χ1n) is 15.8. The zero-order chi connectivity index (χ0) is 32.0. The van der Waals surface area contributed by atoms with Crippen LogP contribution in [-0.2, 0) is 27.2 Å². The van der Waals surface area contributed by atoms with Gasteiger partial charge in [-0.15, -0.1) is 0 Å². The topological polar surface area (TPSA) is 127 Å². The third-order valence-electron chi connectivity index (χ3n) is 8.00. The Labute approximate surface area is 263 Å². The summed E-state index contributed by atoms with van der Waals surface area (Å²) in [5.74, 6) is 0.644. The van der Waals surface area contributed by atoms with Crippen molar-refractivity contribution in [1.29, 1.82) is 0 Å². The van der Waals surface area contributed by atoms with Gasteiger partial charge in [-0.25, -0.2) is 13.2 Å². The van der Waals surface area contributed by atoms with E-state index in [9.17, 15) is 21.4 Å². The lowest BCUT2D eigenvalue weighted by molar-refractivity contribution is 0.415. The Morgan fingerprint density at radius 1 is 0.773 bits per heavy atom. The molecule has 244 valence electrons. The highest BCUT2D eigenvalue weighted by Crippen LogP contribution is 2.25. The summed E-state index contributed by atoms with van der Waals surface area (Å²) in [6.45, 7) is 2.24. The predicted molar refractivity (Wildman–Crippen MR) is 178 cm³/mol. The molecule has 1 heterocycles. The van der Waals surface area contributed by atoms with E-state index in [1.165, 1.54) is 76.3 Å². The largest absolute Gasteiger partial charge is 0.497 e. The van der Waals surface area contributed by atoms with E-state index in [4.69, 9.17) is 4.74 Å². The van der Waals surface area contributed by atoms with Crippen molar-refractivity contribution in [3.8, 4) is 17.0 Å². The lowest BCUT2D eigenvalue weighted by atomic mass is 10.0. The molecule has 0 saturated carbocycles. The van der Waals surface area contributed by atoms with Crippen LogP contribution in [-0.4, -0.2) is 38.8 Å². The number of hydrogen-bond donors (Lipinski definition) is 2. The Kier molecular flexibility index (Phi) is 14.2. The van der Waals surface area contributed by atoms with Gasteiger partial charge in [0.1, 0.15) is 5.75 Å². The van der Waals surface area contributed by atoms with Crippen LogP contribution < -0.4 is 14.9 Å². The molecule has 0 fully saturated rings. The number of ether oxygens (including phenoxy) is 1. The maximum absolute atomic E-state index is 12.8. The first-order chi connectivity index (χ1) is 21.1. The van der Waals surface area contributed by atoms with Gasteiger partial charge in [0.15, 0.2) is 0 Å². The van der Waals surface area contributed by atoms with E-state index in [0.29, 0.717) is 23.1 Å². The number of pyridine rings is 1. The second-order valence-electron chi connectivity index (χ2n) is 11.5. The fourth-order valence-corrected chi connectivity index (χ4v) is 6.81. The van der Waals surface area contributed by atoms with Gasteiger partial charge in [0.25, 0.3) is 10.1 Å². The molecule has 0 aliphatic rings. The minimum atomic E-state index is -4.47. The summed E-state index contributed by atoms with van der Waals surface area (Å²) in [5, 5.41) is 4.83. The molecule has 0 atom stereocenters. The summed E-state index contributed by atoms with van der Waals surface area (Å²) in [4.78, 5) is 2.04. The lowest BCUT2D eigenvalue weighted by Crippen LogP contribution is -2.25. The van der Waals surface area contributed by atoms with Crippen molar-refractivity contribution in [2.75, 3.05) is 12.9 Å². The monoisotopic (exact) mass is 647 g/mol. The molecule has 0 spiro atoms. The number of hydrogen-bond acceptors (Lipinski definition) is 6. The molecular weight excluding hydrogens is 599 g/mol. The van der Waals surface area contributed by atoms with Crippen LogP contribution in [0.15, 0.2) is 58.5 Å². The number of aromatic nitrogens is 1. The van der Waals surface area contributed by atoms with Crippen molar-refractivity contribution >= 4 is 31.0 Å². The normalized spacial score (nSPS) is 12.6. The van der Waals surface area contributed by atoms with E-state index < -0.39 is 20.1 Å². The standard InChI is InChI=1S/C33H49N3O6S2/c1-4-5-6-7-8-9-10-11-12-13-14-15-16-17-24-43(37,38)35-34-31-26-33(27-18-20-28(42-3)21-19-27)36(2)32-23-22-29(25-30(31)32)44(39,40)41/h18-23,25-26,35H,4-17,24H2,1-3H3,(H,39,40,41)/b34-31-. The van der Waals surface area contributed by atoms with Crippen LogP contribution in [0.4, 0.5) is 0 Å². The fourth-order valence-electron chi connectivity index (χ4n) is 5.39. The van der Waals surface area contributed by atoms with E-state index in [2.05, 4.69) is 16.9 Å². The van der Waals surface area contributed by atoms with E-state index in [1.807, 2.05) is 35.9 Å². The summed E-state index contributed by atoms with van der Waals surface area (Å²) in [7, 11) is -4.78. The number of methoxy groups -OCH3 is 1. The number of aryl methyl sites for hydroxylation is 1. The van der Waals surface area contributed by atoms with Gasteiger partial charge in [0.05, 0.1) is 34.3 Å². The fraction of sp³-hybridized carbons (Fsp3) is 0.545. The van der Waals surface area contributed by atoms with E-state index in [0.717, 1.165) is 30.5 Å². The van der Waals surface area contributed by atoms with E-state index >= 15 is 0 Å². The summed E-state index contributed by atoms with van der Waals surface area (Å²) in [5.41, 5.74) is 2.16. The molecule has 44 heavy (non-hydrogen) atoms. The van der Waals surface area contributed by atoms with Crippen molar-refractivity contribution < 1.29 is 26.1 Å². The number of nitrogens with one attached hydrogen (secondary N) is 1. The zero-order valence-corrected chi connectivity index (χ0v) is 28.1. The van der Waals surface area contributed by atoms with Crippen molar-refractivity contribution in [3.63, 3.8) is 0 Å². The van der Waals surface area contributed by atoms with Crippen molar-refractivity contribution in [1.82, 2.24) is 9.40 Å². The number of fused-ring (bicyclic) bond motifs is 1. The Balaban J connectivity index is 1.61. The molecule has 0 amide bonds. The van der Waals surface area contributed by atoms with Crippen molar-refractivity contribution in [2.24, 2.45) is 12.1 Å². The molecule has 2 aromatic carbocycles. The first kappa shape index (κ1) is 35.6. The van der Waals surface area contributed by atoms with Crippen LogP contribution in [0.2, 0.25) is 0 Å². The highest BCUT2D eigenvalue weighted by molar-refractivity contribution is 7.89. The first-order valence-corrected chi connectivity index (χ1v) is 18.9. The predicted octanol–water partition coefficient (Wildman–Crippen LogP) is 7.32. The number of unbranched alkanes of at least 4 members (excludes halogenated alkanes) is 13. The van der Waals surface area contributed by atoms with Crippen molar-refractivity contribution in [3.05, 3.63) is 53.9 Å². The molecule has 1 aromatic heterocycles. The van der Waals surface area contributed by atoms with Gasteiger partial charge in [-0.05, 0) is 60.5 Å². The third kappa shape index (κ3) is 11.2. The number of rotatable bonds is 20. The van der Waals surface area contributed by atoms with Crippen LogP contribution >= 0.6 is 0 Å². The number of nitrogens with zero attached hydrogens (tertiary/aromatic N) is 2. The number of sulfonamides is 1. The van der Waals surface area contributed by atoms with E-state index in [1.54, 1.807) is 19.2 Å². The minimum Gasteiger partial charge on any atom is -0.497 e. The Hall–Kier alpha value is -2.89. The molecule has 0 saturated heterocycles. The smallest absolute Gasteiger partial charge is 0.294 e. The average molecular weight is 648 g/mol. The summed E-state index contributed by atoms with van der Waals surface area (Å²) >= 11 is 0. The van der Waals surface area contributed by atoms with Crippen LogP contribution in [0, 0.1) is 0 Å². The van der Waals surface area contributed by atoms with Crippen LogP contribution in [0.25, 0.3) is 22.2 Å². The second-order valence-corrected chi connectivity index (χ2v) is 14.7. The van der Waals surface area contributed by atoms with Gasteiger partial charge in [0, 0.05) is 12.4 Å². The Morgan fingerprint density at radius 2 is 1.32 bits per heavy atom. The van der Waals surface area contributed by atoms with Crippen molar-refractivity contribution in [2.45, 2.75) is 102 Å². The zero-order valence-electron chi connectivity index (χ0n) is 26.4. The minimum absolute atomic E-state index is 0.0469. The van der Waals surface area contributed by atoms with Gasteiger partial charge < -0.3 is 9.30 Å². The van der Waals surface area contributed by atoms with Crippen LogP contribution in [0.1, 0.15) is 96.8 Å².